The van der Waals surface area contributed by atoms with Crippen LogP contribution in [0.5, 0.6) is 5.75 Å². The number of hydrogen-bond acceptors (Lipinski definition) is 7. The summed E-state index contributed by atoms with van der Waals surface area (Å²) in [5.74, 6) is 0.0462. The summed E-state index contributed by atoms with van der Waals surface area (Å²) in [5, 5.41) is 12.3. The summed E-state index contributed by atoms with van der Waals surface area (Å²) in [6.07, 6.45) is 10.8. The number of carbonyl (C=O) groups is 1. The third kappa shape index (κ3) is 6.28. The van der Waals surface area contributed by atoms with Crippen LogP contribution in [0, 0.1) is 5.82 Å². The molecule has 0 bridgehead atoms. The normalized spacial score (nSPS) is 11.5. The summed E-state index contributed by atoms with van der Waals surface area (Å²) in [4.78, 5) is 31.0. The molecule has 10 nitrogen and oxygen atoms in total. The first-order valence-corrected chi connectivity index (χ1v) is 14.5. The van der Waals surface area contributed by atoms with Crippen molar-refractivity contribution in [3.63, 3.8) is 0 Å². The Hall–Kier alpha value is -5.16. The van der Waals surface area contributed by atoms with Crippen molar-refractivity contribution >= 4 is 33.4 Å². The molecule has 1 amide bonds. The molecular weight excluding hydrogens is 559 g/mol. The number of nitrogens with zero attached hydrogens (tertiary/aromatic N) is 5. The number of ether oxygens (including phenoxy) is 1. The van der Waals surface area contributed by atoms with E-state index in [1.54, 1.807) is 31.0 Å². The summed E-state index contributed by atoms with van der Waals surface area (Å²) in [5.41, 5.74) is 6.55. The molecule has 0 aliphatic heterocycles. The lowest BCUT2D eigenvalue weighted by atomic mass is 10.0. The van der Waals surface area contributed by atoms with Crippen LogP contribution in [0.1, 0.15) is 26.2 Å². The third-order valence-corrected chi connectivity index (χ3v) is 7.31. The Balaban J connectivity index is 1.33. The topological polar surface area (TPSA) is 125 Å². The highest BCUT2D eigenvalue weighted by molar-refractivity contribution is 6.01. The average molecular weight is 593 g/mol. The number of fused-ring (bicyclic) bond motifs is 2. The zero-order valence-electron chi connectivity index (χ0n) is 24.8. The molecule has 11 heteroatoms. The fraction of sp³-hybridized carbons (Fsp3) is 0.242. The maximum absolute atomic E-state index is 14.7. The van der Waals surface area contributed by atoms with Crippen LogP contribution in [0.25, 0.3) is 55.6 Å². The molecule has 1 aromatic carbocycles. The van der Waals surface area contributed by atoms with E-state index in [-0.39, 0.29) is 11.7 Å². The fourth-order valence-electron chi connectivity index (χ4n) is 5.05. The maximum atomic E-state index is 14.7. The van der Waals surface area contributed by atoms with Gasteiger partial charge in [0.25, 0.3) is 0 Å². The van der Waals surface area contributed by atoms with Gasteiger partial charge in [-0.25, -0.2) is 4.39 Å². The quantitative estimate of drug-likeness (QED) is 0.158. The van der Waals surface area contributed by atoms with Gasteiger partial charge in [0.15, 0.2) is 0 Å². The number of hydrogen-bond donors (Lipinski definition) is 3. The van der Waals surface area contributed by atoms with Gasteiger partial charge in [-0.15, -0.1) is 0 Å². The zero-order valence-corrected chi connectivity index (χ0v) is 24.8. The van der Waals surface area contributed by atoms with Gasteiger partial charge in [0.1, 0.15) is 23.9 Å². The number of benzene rings is 1. The number of carbonyl (C=O) groups excluding carboxylic acids is 1. The van der Waals surface area contributed by atoms with Gasteiger partial charge in [-0.3, -0.25) is 24.8 Å². The number of aromatic nitrogens is 6. The Labute approximate surface area is 253 Å². The Kier molecular flexibility index (Phi) is 8.29. The summed E-state index contributed by atoms with van der Waals surface area (Å²) in [6.45, 7) is 3.22. The van der Waals surface area contributed by atoms with Gasteiger partial charge >= 0.3 is 0 Å². The third-order valence-electron chi connectivity index (χ3n) is 7.31. The molecule has 0 spiro atoms. The summed E-state index contributed by atoms with van der Waals surface area (Å²) in [7, 11) is 3.92. The highest BCUT2D eigenvalue weighted by Crippen LogP contribution is 2.35. The number of pyridine rings is 3. The van der Waals surface area contributed by atoms with Gasteiger partial charge in [-0.1, -0.05) is 13.3 Å². The largest absolute Gasteiger partial charge is 0.492 e. The Morgan fingerprint density at radius 1 is 0.955 bits per heavy atom. The van der Waals surface area contributed by atoms with Crippen LogP contribution in [0.15, 0.2) is 67.4 Å². The minimum Gasteiger partial charge on any atom is -0.492 e. The van der Waals surface area contributed by atoms with Crippen molar-refractivity contribution in [1.29, 1.82) is 0 Å². The summed E-state index contributed by atoms with van der Waals surface area (Å²) in [6, 6.07) is 10.5. The van der Waals surface area contributed by atoms with Crippen molar-refractivity contribution < 1.29 is 13.9 Å². The van der Waals surface area contributed by atoms with Crippen LogP contribution in [-0.2, 0) is 4.79 Å². The van der Waals surface area contributed by atoms with E-state index in [1.165, 1.54) is 12.1 Å². The number of halogens is 1. The van der Waals surface area contributed by atoms with Crippen molar-refractivity contribution in [3.8, 4) is 39.5 Å². The van der Waals surface area contributed by atoms with Crippen LogP contribution in [0.3, 0.4) is 0 Å². The van der Waals surface area contributed by atoms with E-state index in [0.717, 1.165) is 58.0 Å². The summed E-state index contributed by atoms with van der Waals surface area (Å²) < 4.78 is 20.5. The molecule has 224 valence electrons. The molecular formula is C33H33FN8O2. The lowest BCUT2D eigenvalue weighted by molar-refractivity contribution is -0.116. The summed E-state index contributed by atoms with van der Waals surface area (Å²) >= 11 is 0. The number of nitrogens with one attached hydrogen (secondary N) is 3. The molecule has 0 saturated carbocycles. The molecule has 5 aromatic heterocycles. The molecule has 0 radical (unpaired) electrons. The van der Waals surface area contributed by atoms with Crippen molar-refractivity contribution in [1.82, 2.24) is 35.0 Å². The molecule has 0 fully saturated rings. The van der Waals surface area contributed by atoms with E-state index in [1.807, 2.05) is 43.3 Å². The maximum Gasteiger partial charge on any atom is 0.224 e. The molecule has 5 heterocycles. The average Bonchev–Trinajstić information content (AvgIpc) is 3.63. The fourth-order valence-corrected chi connectivity index (χ4v) is 5.05. The van der Waals surface area contributed by atoms with Gasteiger partial charge in [-0.05, 0) is 56.4 Å². The highest BCUT2D eigenvalue weighted by atomic mass is 19.1. The van der Waals surface area contributed by atoms with Gasteiger partial charge in [-0.2, -0.15) is 5.10 Å². The van der Waals surface area contributed by atoms with E-state index in [0.29, 0.717) is 41.4 Å². The van der Waals surface area contributed by atoms with Crippen molar-refractivity contribution in [2.24, 2.45) is 0 Å². The molecule has 6 rings (SSSR count). The highest BCUT2D eigenvalue weighted by Gasteiger charge is 2.16. The molecule has 3 N–H and O–H groups in total. The van der Waals surface area contributed by atoms with Gasteiger partial charge in [0.2, 0.25) is 5.91 Å². The van der Waals surface area contributed by atoms with Crippen LogP contribution >= 0.6 is 0 Å². The van der Waals surface area contributed by atoms with E-state index >= 15 is 0 Å². The monoisotopic (exact) mass is 592 g/mol. The van der Waals surface area contributed by atoms with Crippen LogP contribution in [0.2, 0.25) is 0 Å². The first-order chi connectivity index (χ1) is 21.4. The Bertz CT molecular complexity index is 1950. The minimum absolute atomic E-state index is 0.0367. The second kappa shape index (κ2) is 12.6. The van der Waals surface area contributed by atoms with E-state index in [4.69, 9.17) is 4.74 Å². The van der Waals surface area contributed by atoms with Crippen LogP contribution in [-0.4, -0.2) is 68.2 Å². The van der Waals surface area contributed by atoms with Crippen molar-refractivity contribution in [2.45, 2.75) is 26.2 Å². The second-order valence-electron chi connectivity index (χ2n) is 11.0. The van der Waals surface area contributed by atoms with Gasteiger partial charge in [0.05, 0.1) is 46.7 Å². The van der Waals surface area contributed by atoms with E-state index < -0.39 is 0 Å². The number of rotatable bonds is 11. The van der Waals surface area contributed by atoms with E-state index in [9.17, 15) is 9.18 Å². The number of amides is 1. The predicted octanol–water partition coefficient (Wildman–Crippen LogP) is 6.44. The Morgan fingerprint density at radius 2 is 1.82 bits per heavy atom. The number of anilines is 1. The van der Waals surface area contributed by atoms with Crippen molar-refractivity contribution in [3.05, 3.63) is 73.2 Å². The van der Waals surface area contributed by atoms with Gasteiger partial charge < -0.3 is 19.9 Å². The molecule has 0 atom stereocenters. The predicted molar refractivity (Wildman–Crippen MR) is 170 cm³/mol. The smallest absolute Gasteiger partial charge is 0.224 e. The van der Waals surface area contributed by atoms with Crippen LogP contribution in [0.4, 0.5) is 10.1 Å². The second-order valence-corrected chi connectivity index (χ2v) is 11.0. The number of likely N-dealkylation sites (N-methyl/N-ethyl adjacent to an activating group) is 1. The zero-order chi connectivity index (χ0) is 30.6. The van der Waals surface area contributed by atoms with E-state index in [2.05, 4.69) is 42.4 Å². The lowest BCUT2D eigenvalue weighted by Crippen LogP contribution is -2.19. The number of H-pyrrole nitrogens is 2. The minimum atomic E-state index is -0.382. The molecule has 0 unspecified atom stereocenters. The number of aromatic amines is 2. The first kappa shape index (κ1) is 28.9. The van der Waals surface area contributed by atoms with Gasteiger partial charge in [0, 0.05) is 53.3 Å². The van der Waals surface area contributed by atoms with Crippen LogP contribution < -0.4 is 10.1 Å². The Morgan fingerprint density at radius 3 is 2.66 bits per heavy atom. The first-order valence-electron chi connectivity index (χ1n) is 14.5. The molecule has 0 aliphatic carbocycles. The number of unbranched alkanes of at least 4 members (excludes halogenated alkanes) is 1. The lowest BCUT2D eigenvalue weighted by Gasteiger charge is -2.12. The SMILES string of the molecule is CCCCC(=O)Nc1cncc(-c2cc3c(-c4cc5c(-c6cc(F)cc(OCCN(C)C)c6)cncc5[nH]4)n[nH]c3cn2)c1. The molecule has 44 heavy (non-hydrogen) atoms. The molecule has 0 saturated heterocycles. The molecule has 6 aromatic rings. The molecule has 0 aliphatic rings. The van der Waals surface area contributed by atoms with Crippen molar-refractivity contribution in [2.75, 3.05) is 32.6 Å². The standard InChI is InChI=1S/C33H33FN8O2/c1-4-5-6-32(43)38-23-10-21(15-35-16-23)28-14-26-31(19-37-28)40-41-33(26)29-13-25-27(17-36-18-30(25)39-29)20-9-22(34)12-24(11-20)44-8-7-42(2)3/h9-19,39H,4-8H2,1-3H3,(H,38,43)(H,40,41).